The van der Waals surface area contributed by atoms with Crippen LogP contribution in [0, 0.1) is 5.82 Å². The third-order valence-electron chi connectivity index (χ3n) is 7.09. The molecule has 202 valence electrons. The Morgan fingerprint density at radius 3 is 2.74 bits per heavy atom. The molecule has 1 fully saturated rings. The van der Waals surface area contributed by atoms with Crippen LogP contribution in [0.1, 0.15) is 28.9 Å². The smallest absolute Gasteiger partial charge is 0.258 e. The van der Waals surface area contributed by atoms with Crippen molar-refractivity contribution in [3.8, 4) is 28.6 Å². The number of pyridine rings is 2. The summed E-state index contributed by atoms with van der Waals surface area (Å²) in [4.78, 5) is 25.9. The van der Waals surface area contributed by atoms with Gasteiger partial charge >= 0.3 is 0 Å². The lowest BCUT2D eigenvalue weighted by Gasteiger charge is -2.24. The highest BCUT2D eigenvalue weighted by molar-refractivity contribution is 6.08. The third kappa shape index (κ3) is 4.59. The number of aromatic amines is 1. The molecule has 2 aliphatic heterocycles. The number of methoxy groups -OCH3 is 2. The van der Waals surface area contributed by atoms with Crippen LogP contribution in [0.2, 0.25) is 0 Å². The van der Waals surface area contributed by atoms with Crippen LogP contribution in [0.25, 0.3) is 22.3 Å². The minimum absolute atomic E-state index is 0.0180. The van der Waals surface area contributed by atoms with Gasteiger partial charge in [0.2, 0.25) is 0 Å². The Bertz CT molecular complexity index is 1550. The molecule has 4 aromatic rings. The molecule has 6 rings (SSSR count). The number of aromatic nitrogens is 3. The highest BCUT2D eigenvalue weighted by atomic mass is 19.1. The van der Waals surface area contributed by atoms with Gasteiger partial charge in [-0.05, 0) is 44.1 Å². The number of carbonyl (C=O) groups excluding carboxylic acids is 1. The van der Waals surface area contributed by atoms with Crippen molar-refractivity contribution in [1.82, 2.24) is 25.6 Å². The van der Waals surface area contributed by atoms with Crippen LogP contribution in [0.5, 0.6) is 17.4 Å². The number of nitrogens with zero attached hydrogens (tertiary/aromatic N) is 2. The van der Waals surface area contributed by atoms with Gasteiger partial charge < -0.3 is 35.1 Å². The molecular weight excluding hydrogens is 503 g/mol. The average Bonchev–Trinajstić information content (AvgIpc) is 3.32. The van der Waals surface area contributed by atoms with Gasteiger partial charge in [-0.2, -0.15) is 0 Å². The first-order valence-electron chi connectivity index (χ1n) is 12.9. The van der Waals surface area contributed by atoms with E-state index in [9.17, 15) is 9.18 Å². The second-order valence-electron chi connectivity index (χ2n) is 9.47. The number of benzene rings is 1. The number of carbonyl (C=O) groups is 1. The molecule has 0 aliphatic carbocycles. The van der Waals surface area contributed by atoms with Gasteiger partial charge in [0.05, 0.1) is 42.4 Å². The normalized spacial score (nSPS) is 15.5. The lowest BCUT2D eigenvalue weighted by atomic mass is 10.0. The van der Waals surface area contributed by atoms with Gasteiger partial charge in [-0.1, -0.05) is 6.07 Å². The molecule has 0 radical (unpaired) electrons. The number of para-hydroxylation sites is 1. The van der Waals surface area contributed by atoms with E-state index in [4.69, 9.17) is 19.2 Å². The fourth-order valence-corrected chi connectivity index (χ4v) is 5.20. The highest BCUT2D eigenvalue weighted by Gasteiger charge is 2.29. The molecule has 0 bridgehead atoms. The summed E-state index contributed by atoms with van der Waals surface area (Å²) >= 11 is 0. The summed E-state index contributed by atoms with van der Waals surface area (Å²) in [7, 11) is 2.98. The average molecular weight is 533 g/mol. The van der Waals surface area contributed by atoms with E-state index in [1.165, 1.54) is 13.2 Å². The predicted octanol–water partition coefficient (Wildman–Crippen LogP) is 3.94. The Labute approximate surface area is 224 Å². The quantitative estimate of drug-likeness (QED) is 0.282. The summed E-state index contributed by atoms with van der Waals surface area (Å²) in [6.45, 7) is 2.26. The van der Waals surface area contributed by atoms with Crippen LogP contribution in [0.15, 0.2) is 36.5 Å². The summed E-state index contributed by atoms with van der Waals surface area (Å²) in [5.74, 6) is 0.204. The van der Waals surface area contributed by atoms with Crippen LogP contribution in [0.3, 0.4) is 0 Å². The van der Waals surface area contributed by atoms with Crippen molar-refractivity contribution in [2.24, 2.45) is 0 Å². The van der Waals surface area contributed by atoms with E-state index < -0.39 is 5.82 Å². The van der Waals surface area contributed by atoms with Crippen molar-refractivity contribution in [3.05, 3.63) is 53.6 Å². The SMILES string of the molecule is COc1cc2nccc(-c3[nH]c4c(c3Nc3cccc(F)c3OC)C(=O)NCC4)c2nc1OC1CCNCC1. The number of ether oxygens (including phenoxy) is 3. The van der Waals surface area contributed by atoms with Gasteiger partial charge in [-0.25, -0.2) is 9.37 Å². The van der Waals surface area contributed by atoms with Crippen molar-refractivity contribution < 1.29 is 23.4 Å². The molecule has 5 heterocycles. The Hall–Kier alpha value is -4.38. The molecule has 1 aromatic carbocycles. The maximum Gasteiger partial charge on any atom is 0.258 e. The van der Waals surface area contributed by atoms with Gasteiger partial charge in [0.1, 0.15) is 11.6 Å². The molecule has 0 unspecified atom stereocenters. The molecule has 4 N–H and O–H groups in total. The van der Waals surface area contributed by atoms with E-state index in [1.54, 1.807) is 31.5 Å². The van der Waals surface area contributed by atoms with Gasteiger partial charge in [-0.3, -0.25) is 9.78 Å². The maximum atomic E-state index is 14.5. The molecule has 3 aromatic heterocycles. The van der Waals surface area contributed by atoms with Gasteiger partial charge in [0, 0.05) is 36.5 Å². The van der Waals surface area contributed by atoms with Crippen molar-refractivity contribution in [3.63, 3.8) is 0 Å². The van der Waals surface area contributed by atoms with Crippen molar-refractivity contribution in [2.75, 3.05) is 39.2 Å². The number of nitrogens with one attached hydrogen (secondary N) is 4. The van der Waals surface area contributed by atoms with E-state index in [1.807, 2.05) is 6.07 Å². The number of piperidine rings is 1. The summed E-state index contributed by atoms with van der Waals surface area (Å²) in [6, 6.07) is 8.24. The molecule has 0 atom stereocenters. The minimum Gasteiger partial charge on any atom is -0.492 e. The first kappa shape index (κ1) is 24.9. The minimum atomic E-state index is -0.513. The second-order valence-corrected chi connectivity index (χ2v) is 9.47. The molecular formula is C28H29FN6O4. The molecule has 2 aliphatic rings. The number of H-pyrrole nitrogens is 1. The number of halogens is 1. The Balaban J connectivity index is 1.52. The van der Waals surface area contributed by atoms with E-state index in [-0.39, 0.29) is 17.8 Å². The fraction of sp³-hybridized carbons (Fsp3) is 0.321. The molecule has 0 spiro atoms. The number of amides is 1. The predicted molar refractivity (Wildman–Crippen MR) is 145 cm³/mol. The zero-order valence-corrected chi connectivity index (χ0v) is 21.7. The lowest BCUT2D eigenvalue weighted by molar-refractivity contribution is 0.0947. The second kappa shape index (κ2) is 10.4. The van der Waals surface area contributed by atoms with Crippen LogP contribution >= 0.6 is 0 Å². The van der Waals surface area contributed by atoms with Crippen molar-refractivity contribution in [2.45, 2.75) is 25.4 Å². The molecule has 39 heavy (non-hydrogen) atoms. The van der Waals surface area contributed by atoms with E-state index in [0.29, 0.717) is 63.8 Å². The largest absolute Gasteiger partial charge is 0.492 e. The maximum absolute atomic E-state index is 14.5. The Kier molecular flexibility index (Phi) is 6.65. The van der Waals surface area contributed by atoms with E-state index in [2.05, 4.69) is 25.9 Å². The Morgan fingerprint density at radius 1 is 1.10 bits per heavy atom. The summed E-state index contributed by atoms with van der Waals surface area (Å²) in [5.41, 5.74) is 4.64. The first-order chi connectivity index (χ1) is 19.1. The topological polar surface area (TPSA) is 122 Å². The summed E-state index contributed by atoms with van der Waals surface area (Å²) in [6.07, 6.45) is 4.04. The van der Waals surface area contributed by atoms with E-state index >= 15 is 0 Å². The lowest BCUT2D eigenvalue weighted by Crippen LogP contribution is -2.34. The highest BCUT2D eigenvalue weighted by Crippen LogP contribution is 2.42. The van der Waals surface area contributed by atoms with Gasteiger partial charge in [0.15, 0.2) is 17.3 Å². The zero-order chi connectivity index (χ0) is 26.9. The number of rotatable bonds is 7. The molecule has 0 saturated carbocycles. The van der Waals surface area contributed by atoms with Crippen LogP contribution in [-0.4, -0.2) is 60.8 Å². The third-order valence-corrected chi connectivity index (χ3v) is 7.09. The van der Waals surface area contributed by atoms with Gasteiger partial charge in [-0.15, -0.1) is 0 Å². The van der Waals surface area contributed by atoms with Crippen LogP contribution in [-0.2, 0) is 6.42 Å². The number of fused-ring (bicyclic) bond motifs is 2. The van der Waals surface area contributed by atoms with Crippen molar-refractivity contribution >= 4 is 28.3 Å². The first-order valence-corrected chi connectivity index (χ1v) is 12.9. The standard InChI is InChI=1S/C28H29FN6O4/c1-37-21-14-20-23(35-28(21)39-15-6-10-30-11-7-15)16(8-12-31-20)24-25(22-18(33-24)9-13-32-27(22)36)34-19-5-3-4-17(29)26(19)38-2/h3-5,8,12,14-15,30,33-34H,6-7,9-11,13H2,1-2H3,(H,32,36). The molecule has 1 amide bonds. The fourth-order valence-electron chi connectivity index (χ4n) is 5.20. The summed E-state index contributed by atoms with van der Waals surface area (Å²) in [5, 5.41) is 9.51. The summed E-state index contributed by atoms with van der Waals surface area (Å²) < 4.78 is 31.7. The Morgan fingerprint density at radius 2 is 1.95 bits per heavy atom. The van der Waals surface area contributed by atoms with Crippen molar-refractivity contribution in [1.29, 1.82) is 0 Å². The van der Waals surface area contributed by atoms with Gasteiger partial charge in [0.25, 0.3) is 11.8 Å². The van der Waals surface area contributed by atoms with Crippen LogP contribution in [0.4, 0.5) is 15.8 Å². The van der Waals surface area contributed by atoms with Crippen LogP contribution < -0.4 is 30.2 Å². The monoisotopic (exact) mass is 532 g/mol. The molecule has 10 nitrogen and oxygen atoms in total. The zero-order valence-electron chi connectivity index (χ0n) is 21.7. The number of hydrogen-bond donors (Lipinski definition) is 4. The van der Waals surface area contributed by atoms with E-state index in [0.717, 1.165) is 31.6 Å². The number of anilines is 2. The molecule has 1 saturated heterocycles. The molecule has 11 heteroatoms. The number of hydrogen-bond acceptors (Lipinski definition) is 8.